The van der Waals surface area contributed by atoms with Gasteiger partial charge in [0.25, 0.3) is 5.91 Å². The summed E-state index contributed by atoms with van der Waals surface area (Å²) in [7, 11) is 3.63. The fraction of sp³-hybridized carbons (Fsp3) is 0.520. The summed E-state index contributed by atoms with van der Waals surface area (Å²) in [6.45, 7) is 11.4. The number of aromatic nitrogens is 1. The van der Waals surface area contributed by atoms with Crippen molar-refractivity contribution in [1.29, 1.82) is 0 Å². The van der Waals surface area contributed by atoms with Crippen LogP contribution in [0.25, 0.3) is 0 Å². The van der Waals surface area contributed by atoms with Gasteiger partial charge in [-0.1, -0.05) is 0 Å². The minimum atomic E-state index is 0.0744. The lowest BCUT2D eigenvalue weighted by Gasteiger charge is -2.37. The molecule has 0 bridgehead atoms. The van der Waals surface area contributed by atoms with Gasteiger partial charge in [0.2, 0.25) is 0 Å². The third-order valence-corrected chi connectivity index (χ3v) is 6.27. The van der Waals surface area contributed by atoms with Gasteiger partial charge in [-0.25, -0.2) is 0 Å². The van der Waals surface area contributed by atoms with Gasteiger partial charge in [-0.3, -0.25) is 14.7 Å². The Hall–Kier alpha value is -2.60. The van der Waals surface area contributed by atoms with Gasteiger partial charge in [0.15, 0.2) is 0 Å². The molecule has 1 aliphatic heterocycles. The van der Waals surface area contributed by atoms with E-state index in [9.17, 15) is 4.79 Å². The second kappa shape index (κ2) is 10.1. The van der Waals surface area contributed by atoms with Crippen LogP contribution < -0.4 is 9.47 Å². The number of benzene rings is 1. The highest BCUT2D eigenvalue weighted by molar-refractivity contribution is 5.94. The average molecular weight is 426 g/mol. The van der Waals surface area contributed by atoms with Crippen LogP contribution in [0.5, 0.6) is 11.5 Å². The minimum absolute atomic E-state index is 0.0744. The van der Waals surface area contributed by atoms with Gasteiger partial charge in [0, 0.05) is 55.6 Å². The first-order valence-corrected chi connectivity index (χ1v) is 11.1. The van der Waals surface area contributed by atoms with E-state index in [4.69, 9.17) is 9.47 Å². The number of pyridine rings is 1. The van der Waals surface area contributed by atoms with Crippen LogP contribution in [0.2, 0.25) is 0 Å². The molecule has 0 saturated carbocycles. The van der Waals surface area contributed by atoms with Crippen LogP contribution in [0.1, 0.15) is 52.5 Å². The van der Waals surface area contributed by atoms with Crippen LogP contribution in [-0.2, 0) is 6.54 Å². The molecule has 1 fully saturated rings. The fourth-order valence-corrected chi connectivity index (χ4v) is 4.38. The number of hydrogen-bond acceptors (Lipinski definition) is 5. The maximum absolute atomic E-state index is 13.0. The summed E-state index contributed by atoms with van der Waals surface area (Å²) >= 11 is 0. The Labute approximate surface area is 186 Å². The van der Waals surface area contributed by atoms with Gasteiger partial charge in [-0.15, -0.1) is 0 Å². The third kappa shape index (κ3) is 5.18. The number of aryl methyl sites for hydroxylation is 2. The predicted molar refractivity (Wildman–Crippen MR) is 123 cm³/mol. The van der Waals surface area contributed by atoms with Crippen molar-refractivity contribution < 1.29 is 14.3 Å². The summed E-state index contributed by atoms with van der Waals surface area (Å²) in [4.78, 5) is 22.0. The Bertz CT molecular complexity index is 920. The van der Waals surface area contributed by atoms with Crippen LogP contribution in [0.3, 0.4) is 0 Å². The second-order valence-electron chi connectivity index (χ2n) is 8.38. The van der Waals surface area contributed by atoms with Crippen LogP contribution in [0.4, 0.5) is 0 Å². The molecule has 1 saturated heterocycles. The van der Waals surface area contributed by atoms with E-state index in [0.29, 0.717) is 6.61 Å². The SMILES string of the molecule is CCOc1ccc(C(=O)N(C)C2CCN(Cc3ncc(C)c(OC)c3C)CC2)cc1C. The Morgan fingerprint density at radius 3 is 2.52 bits per heavy atom. The number of carbonyl (C=O) groups is 1. The maximum Gasteiger partial charge on any atom is 0.253 e. The summed E-state index contributed by atoms with van der Waals surface area (Å²) in [5.74, 6) is 1.84. The van der Waals surface area contributed by atoms with Crippen LogP contribution >= 0.6 is 0 Å². The summed E-state index contributed by atoms with van der Waals surface area (Å²) in [5.41, 5.74) is 4.95. The summed E-state index contributed by atoms with van der Waals surface area (Å²) in [6, 6.07) is 5.94. The number of ether oxygens (including phenoxy) is 2. The molecule has 0 N–H and O–H groups in total. The molecule has 0 atom stereocenters. The molecule has 168 valence electrons. The van der Waals surface area contributed by atoms with Gasteiger partial charge in [-0.2, -0.15) is 0 Å². The fourth-order valence-electron chi connectivity index (χ4n) is 4.38. The number of likely N-dealkylation sites (tertiary alicyclic amines) is 1. The van der Waals surface area contributed by atoms with Gasteiger partial charge in [0.1, 0.15) is 11.5 Å². The second-order valence-corrected chi connectivity index (χ2v) is 8.38. The number of carbonyl (C=O) groups excluding carboxylic acids is 1. The number of hydrogen-bond donors (Lipinski definition) is 0. The van der Waals surface area contributed by atoms with Crippen LogP contribution in [0.15, 0.2) is 24.4 Å². The molecular formula is C25H35N3O3. The lowest BCUT2D eigenvalue weighted by molar-refractivity contribution is 0.0635. The molecule has 2 heterocycles. The van der Waals surface area contributed by atoms with Gasteiger partial charge in [0.05, 0.1) is 19.4 Å². The van der Waals surface area contributed by atoms with Crippen molar-refractivity contribution in [3.05, 3.63) is 52.3 Å². The monoisotopic (exact) mass is 425 g/mol. The molecular weight excluding hydrogens is 390 g/mol. The molecule has 1 aromatic carbocycles. The summed E-state index contributed by atoms with van der Waals surface area (Å²) < 4.78 is 11.1. The van der Waals surface area contributed by atoms with E-state index < -0.39 is 0 Å². The minimum Gasteiger partial charge on any atom is -0.496 e. The first-order chi connectivity index (χ1) is 14.8. The summed E-state index contributed by atoms with van der Waals surface area (Å²) in [6.07, 6.45) is 3.81. The first-order valence-electron chi connectivity index (χ1n) is 11.1. The highest BCUT2D eigenvalue weighted by atomic mass is 16.5. The number of amides is 1. The maximum atomic E-state index is 13.0. The zero-order valence-electron chi connectivity index (χ0n) is 19.7. The number of rotatable bonds is 7. The quantitative estimate of drug-likeness (QED) is 0.667. The molecule has 0 unspecified atom stereocenters. The molecule has 1 aliphatic rings. The van der Waals surface area contributed by atoms with Crippen molar-refractivity contribution in [3.63, 3.8) is 0 Å². The molecule has 0 aliphatic carbocycles. The zero-order valence-corrected chi connectivity index (χ0v) is 19.7. The van der Waals surface area contributed by atoms with Crippen LogP contribution in [-0.4, -0.2) is 60.6 Å². The van der Waals surface area contributed by atoms with E-state index in [-0.39, 0.29) is 11.9 Å². The zero-order chi connectivity index (χ0) is 22.5. The van der Waals surface area contributed by atoms with Crippen molar-refractivity contribution in [3.8, 4) is 11.5 Å². The van der Waals surface area contributed by atoms with Crippen molar-refractivity contribution in [2.75, 3.05) is 33.9 Å². The van der Waals surface area contributed by atoms with Gasteiger partial charge < -0.3 is 14.4 Å². The van der Waals surface area contributed by atoms with Gasteiger partial charge >= 0.3 is 0 Å². The molecule has 3 rings (SSSR count). The van der Waals surface area contributed by atoms with E-state index in [0.717, 1.165) is 71.9 Å². The lowest BCUT2D eigenvalue weighted by atomic mass is 10.0. The van der Waals surface area contributed by atoms with E-state index >= 15 is 0 Å². The van der Waals surface area contributed by atoms with E-state index in [1.54, 1.807) is 7.11 Å². The van der Waals surface area contributed by atoms with Gasteiger partial charge in [-0.05, 0) is 64.3 Å². The Morgan fingerprint density at radius 1 is 1.19 bits per heavy atom. The highest BCUT2D eigenvalue weighted by Crippen LogP contribution is 2.26. The number of piperidine rings is 1. The van der Waals surface area contributed by atoms with Crippen LogP contribution in [0, 0.1) is 20.8 Å². The molecule has 2 aromatic rings. The summed E-state index contributed by atoms with van der Waals surface area (Å²) in [5, 5.41) is 0. The molecule has 6 heteroatoms. The lowest BCUT2D eigenvalue weighted by Crippen LogP contribution is -2.45. The average Bonchev–Trinajstić information content (AvgIpc) is 2.77. The topological polar surface area (TPSA) is 54.9 Å². The molecule has 0 spiro atoms. The Morgan fingerprint density at radius 2 is 1.90 bits per heavy atom. The van der Waals surface area contributed by atoms with E-state index in [2.05, 4.69) is 16.8 Å². The van der Waals surface area contributed by atoms with E-state index in [1.165, 1.54) is 0 Å². The first kappa shape index (κ1) is 23.1. The normalized spacial score (nSPS) is 15.0. The Kier molecular flexibility index (Phi) is 7.55. The standard InChI is InChI=1S/C25H35N3O3/c1-7-31-23-9-8-20(14-17(23)2)25(29)27(5)21-10-12-28(13-11-21)16-22-19(4)24(30-6)18(3)15-26-22/h8-9,14-15,21H,7,10-13,16H2,1-6H3. The third-order valence-electron chi connectivity index (χ3n) is 6.27. The van der Waals surface area contributed by atoms with Crippen molar-refractivity contribution in [2.24, 2.45) is 0 Å². The number of nitrogens with zero attached hydrogens (tertiary/aromatic N) is 3. The largest absolute Gasteiger partial charge is 0.496 e. The smallest absolute Gasteiger partial charge is 0.253 e. The van der Waals surface area contributed by atoms with Crippen molar-refractivity contribution >= 4 is 5.91 Å². The predicted octanol–water partition coefficient (Wildman–Crippen LogP) is 4.15. The van der Waals surface area contributed by atoms with Crippen molar-refractivity contribution in [2.45, 2.75) is 53.1 Å². The Balaban J connectivity index is 1.59. The van der Waals surface area contributed by atoms with Crippen molar-refractivity contribution in [1.82, 2.24) is 14.8 Å². The number of methoxy groups -OCH3 is 1. The molecule has 31 heavy (non-hydrogen) atoms. The molecule has 0 radical (unpaired) electrons. The molecule has 1 amide bonds. The van der Waals surface area contributed by atoms with E-state index in [1.807, 2.05) is 57.1 Å². The molecule has 1 aromatic heterocycles. The highest BCUT2D eigenvalue weighted by Gasteiger charge is 2.27. The molecule has 6 nitrogen and oxygen atoms in total.